The molecule has 0 radical (unpaired) electrons. The zero-order valence-corrected chi connectivity index (χ0v) is 20.2. The first kappa shape index (κ1) is 30.0. The van der Waals surface area contributed by atoms with Crippen LogP contribution in [0.3, 0.4) is 0 Å². The maximum Gasteiger partial charge on any atom is 0.490 e. The minimum Gasteiger partial charge on any atom is -0.478 e. The van der Waals surface area contributed by atoms with Crippen LogP contribution in [-0.2, 0) is 21.4 Å². The average Bonchev–Trinajstić information content (AvgIpc) is 2.84. The van der Waals surface area contributed by atoms with Gasteiger partial charge in [0.15, 0.2) is 11.6 Å². The first-order valence-electron chi connectivity index (χ1n) is 10.5. The summed E-state index contributed by atoms with van der Waals surface area (Å²) in [6.45, 7) is 2.71. The molecule has 0 atom stereocenters. The van der Waals surface area contributed by atoms with Crippen molar-refractivity contribution in [1.82, 2.24) is 4.98 Å². The topological polar surface area (TPSA) is 137 Å². The highest BCUT2D eigenvalue weighted by molar-refractivity contribution is 7.92. The van der Waals surface area contributed by atoms with Gasteiger partial charge in [-0.3, -0.25) is 4.72 Å². The molecule has 15 heteroatoms. The van der Waals surface area contributed by atoms with Crippen molar-refractivity contribution in [3.63, 3.8) is 0 Å². The molecule has 0 fully saturated rings. The van der Waals surface area contributed by atoms with E-state index in [-0.39, 0.29) is 17.1 Å². The number of carboxylic acid groups (broad SMARTS) is 2. The number of carboxylic acids is 2. The Balaban J connectivity index is 0.000000638. The zero-order valence-electron chi connectivity index (χ0n) is 19.4. The third-order valence-electron chi connectivity index (χ3n) is 4.69. The number of rotatable bonds is 8. The number of hydrogen-bond donors (Lipinski definition) is 3. The molecule has 0 aliphatic rings. The fourth-order valence-corrected chi connectivity index (χ4v) is 3.97. The summed E-state index contributed by atoms with van der Waals surface area (Å²) in [4.78, 5) is 26.1. The molecular formula is C23H20F5N3O6S. The Bertz CT molecular complexity index is 1400. The minimum atomic E-state index is -5.08. The van der Waals surface area contributed by atoms with Crippen molar-refractivity contribution in [3.05, 3.63) is 83.6 Å². The fraction of sp³-hybridized carbons (Fsp3) is 0.174. The SMILES string of the molecule is CCN(Cc1ccccc1)c1ncc(NS(=O)(=O)c2ccc(F)c(F)c2)cc1C(=O)O.O=C(O)C(F)(F)F. The summed E-state index contributed by atoms with van der Waals surface area (Å²) in [5.74, 6) is -6.37. The van der Waals surface area contributed by atoms with Crippen molar-refractivity contribution in [3.8, 4) is 0 Å². The molecule has 0 saturated heterocycles. The van der Waals surface area contributed by atoms with E-state index >= 15 is 0 Å². The highest BCUT2D eigenvalue weighted by Crippen LogP contribution is 2.25. The molecule has 38 heavy (non-hydrogen) atoms. The number of halogens is 5. The Morgan fingerprint density at radius 2 is 1.61 bits per heavy atom. The minimum absolute atomic E-state index is 0.123. The van der Waals surface area contributed by atoms with E-state index < -0.39 is 44.7 Å². The maximum absolute atomic E-state index is 13.4. The second-order valence-corrected chi connectivity index (χ2v) is 9.07. The van der Waals surface area contributed by atoms with Crippen molar-refractivity contribution in [2.75, 3.05) is 16.2 Å². The molecule has 1 aromatic heterocycles. The molecule has 2 aromatic carbocycles. The number of nitrogens with zero attached hydrogens (tertiary/aromatic N) is 2. The van der Waals surface area contributed by atoms with E-state index in [1.807, 2.05) is 37.3 Å². The molecule has 0 saturated carbocycles. The van der Waals surface area contributed by atoms with Crippen LogP contribution in [0.5, 0.6) is 0 Å². The van der Waals surface area contributed by atoms with Gasteiger partial charge >= 0.3 is 18.1 Å². The Morgan fingerprint density at radius 1 is 1.00 bits per heavy atom. The number of sulfonamides is 1. The molecule has 0 spiro atoms. The molecular weight excluding hydrogens is 541 g/mol. The number of aromatic nitrogens is 1. The molecule has 3 rings (SSSR count). The van der Waals surface area contributed by atoms with E-state index in [4.69, 9.17) is 9.90 Å². The molecule has 0 aliphatic carbocycles. The van der Waals surface area contributed by atoms with E-state index in [1.54, 1.807) is 4.90 Å². The van der Waals surface area contributed by atoms with Crippen LogP contribution in [0, 0.1) is 11.6 Å². The molecule has 3 aromatic rings. The van der Waals surface area contributed by atoms with E-state index in [9.17, 15) is 40.3 Å². The lowest BCUT2D eigenvalue weighted by Gasteiger charge is -2.24. The van der Waals surface area contributed by atoms with Crippen LogP contribution in [0.1, 0.15) is 22.8 Å². The van der Waals surface area contributed by atoms with Crippen molar-refractivity contribution in [2.24, 2.45) is 0 Å². The number of benzene rings is 2. The third kappa shape index (κ3) is 8.12. The van der Waals surface area contributed by atoms with E-state index in [0.29, 0.717) is 25.2 Å². The normalized spacial score (nSPS) is 11.2. The molecule has 9 nitrogen and oxygen atoms in total. The van der Waals surface area contributed by atoms with Crippen molar-refractivity contribution >= 4 is 33.5 Å². The molecule has 0 aliphatic heterocycles. The van der Waals surface area contributed by atoms with Gasteiger partial charge in [-0.05, 0) is 36.8 Å². The summed E-state index contributed by atoms with van der Waals surface area (Å²) >= 11 is 0. The number of aliphatic carboxylic acids is 1. The van der Waals surface area contributed by atoms with Crippen LogP contribution < -0.4 is 9.62 Å². The van der Waals surface area contributed by atoms with Gasteiger partial charge < -0.3 is 15.1 Å². The lowest BCUT2D eigenvalue weighted by atomic mass is 10.2. The van der Waals surface area contributed by atoms with Gasteiger partial charge in [-0.1, -0.05) is 30.3 Å². The van der Waals surface area contributed by atoms with Crippen LogP contribution in [0.4, 0.5) is 33.5 Å². The molecule has 1 heterocycles. The van der Waals surface area contributed by atoms with Crippen LogP contribution in [-0.4, -0.2) is 48.3 Å². The number of pyridine rings is 1. The Morgan fingerprint density at radius 3 is 2.11 bits per heavy atom. The summed E-state index contributed by atoms with van der Waals surface area (Å²) in [7, 11) is -4.29. The summed E-state index contributed by atoms with van der Waals surface area (Å²) in [5.41, 5.74) is 0.621. The summed E-state index contributed by atoms with van der Waals surface area (Å²) < 4.78 is 85.3. The Hall–Kier alpha value is -4.27. The molecule has 204 valence electrons. The van der Waals surface area contributed by atoms with Gasteiger partial charge in [0.1, 0.15) is 11.4 Å². The second-order valence-electron chi connectivity index (χ2n) is 7.38. The molecule has 0 bridgehead atoms. The van der Waals surface area contributed by atoms with Crippen LogP contribution in [0.15, 0.2) is 65.7 Å². The zero-order chi connectivity index (χ0) is 28.7. The largest absolute Gasteiger partial charge is 0.490 e. The smallest absolute Gasteiger partial charge is 0.478 e. The first-order chi connectivity index (χ1) is 17.7. The summed E-state index contributed by atoms with van der Waals surface area (Å²) in [5, 5.41) is 16.8. The Labute approximate surface area is 213 Å². The summed E-state index contributed by atoms with van der Waals surface area (Å²) in [6, 6.07) is 12.7. The van der Waals surface area contributed by atoms with Gasteiger partial charge in [-0.15, -0.1) is 0 Å². The number of carbonyl (C=O) groups is 2. The van der Waals surface area contributed by atoms with E-state index in [0.717, 1.165) is 17.7 Å². The Kier molecular flexibility index (Phi) is 9.71. The van der Waals surface area contributed by atoms with Crippen molar-refractivity contribution in [1.29, 1.82) is 0 Å². The van der Waals surface area contributed by atoms with Gasteiger partial charge in [0.2, 0.25) is 0 Å². The van der Waals surface area contributed by atoms with Crippen LogP contribution in [0.2, 0.25) is 0 Å². The first-order valence-corrected chi connectivity index (χ1v) is 11.9. The van der Waals surface area contributed by atoms with Gasteiger partial charge in [-0.25, -0.2) is 31.8 Å². The predicted octanol–water partition coefficient (Wildman–Crippen LogP) is 4.52. The van der Waals surface area contributed by atoms with Gasteiger partial charge in [0.25, 0.3) is 10.0 Å². The third-order valence-corrected chi connectivity index (χ3v) is 6.07. The summed E-state index contributed by atoms with van der Waals surface area (Å²) in [6.07, 6.45) is -3.91. The fourth-order valence-electron chi connectivity index (χ4n) is 2.92. The van der Waals surface area contributed by atoms with Gasteiger partial charge in [0.05, 0.1) is 16.8 Å². The predicted molar refractivity (Wildman–Crippen MR) is 125 cm³/mol. The molecule has 3 N–H and O–H groups in total. The number of alkyl halides is 3. The number of nitrogens with one attached hydrogen (secondary N) is 1. The average molecular weight is 561 g/mol. The number of aromatic carboxylic acids is 1. The van der Waals surface area contributed by atoms with Gasteiger partial charge in [-0.2, -0.15) is 13.2 Å². The van der Waals surface area contributed by atoms with Crippen LogP contribution >= 0.6 is 0 Å². The monoisotopic (exact) mass is 561 g/mol. The molecule has 0 unspecified atom stereocenters. The lowest BCUT2D eigenvalue weighted by Crippen LogP contribution is -2.25. The van der Waals surface area contributed by atoms with Gasteiger partial charge in [0, 0.05) is 13.1 Å². The van der Waals surface area contributed by atoms with E-state index in [1.165, 1.54) is 6.20 Å². The molecule has 0 amide bonds. The number of hydrogen-bond acceptors (Lipinski definition) is 6. The highest BCUT2D eigenvalue weighted by Gasteiger charge is 2.38. The maximum atomic E-state index is 13.4. The highest BCUT2D eigenvalue weighted by atomic mass is 32.2. The standard InChI is InChI=1S/C21H19F2N3O4S.C2HF3O2/c1-2-26(13-14-6-4-3-5-7-14)20-17(21(27)28)10-15(12-24-20)25-31(29,30)16-8-9-18(22)19(23)11-16;3-2(4,5)1(6)7/h3-12,25H,2,13H2,1H3,(H,27,28);(H,6,7). The number of anilines is 2. The van der Waals surface area contributed by atoms with Crippen LogP contribution in [0.25, 0.3) is 0 Å². The van der Waals surface area contributed by atoms with Crippen molar-refractivity contribution in [2.45, 2.75) is 24.5 Å². The van der Waals surface area contributed by atoms with E-state index in [2.05, 4.69) is 9.71 Å². The quantitative estimate of drug-likeness (QED) is 0.342. The second kappa shape index (κ2) is 12.3. The lowest BCUT2D eigenvalue weighted by molar-refractivity contribution is -0.192. The van der Waals surface area contributed by atoms with Crippen molar-refractivity contribution < 1.29 is 50.2 Å².